The van der Waals surface area contributed by atoms with E-state index in [2.05, 4.69) is 41.5 Å². The minimum absolute atomic E-state index is 0.00703. The number of aliphatic hydroxyl groups excluding tert-OH is 2. The number of benzene rings is 1. The van der Waals surface area contributed by atoms with E-state index in [9.17, 15) is 29.7 Å². The van der Waals surface area contributed by atoms with Gasteiger partial charge in [-0.1, -0.05) is 87.4 Å². The predicted octanol–water partition coefficient (Wildman–Crippen LogP) is 7.88. The number of hydrogen-bond acceptors (Lipinski definition) is 11. The van der Waals surface area contributed by atoms with Crippen LogP contribution < -0.4 is 0 Å². The summed E-state index contributed by atoms with van der Waals surface area (Å²) < 4.78 is 34.9. The maximum atomic E-state index is 14.5. The third-order valence-electron chi connectivity index (χ3n) is 15.1. The second kappa shape index (κ2) is 17.7. The number of fused-ring (bicyclic) bond motifs is 3. The molecule has 2 bridgehead atoms. The minimum atomic E-state index is -2.62. The lowest BCUT2D eigenvalue weighted by molar-refractivity contribution is -0.309. The van der Waals surface area contributed by atoms with Gasteiger partial charge in [0.05, 0.1) is 29.8 Å². The van der Waals surface area contributed by atoms with E-state index in [1.54, 1.807) is 37.3 Å². The Balaban J connectivity index is 2.32. The maximum Gasteiger partial charge on any atom is 0.338 e. The zero-order chi connectivity index (χ0) is 42.9. The van der Waals surface area contributed by atoms with Crippen LogP contribution in [0.25, 0.3) is 0 Å². The van der Waals surface area contributed by atoms with Crippen LogP contribution >= 0.6 is 0 Å². The molecule has 0 heterocycles. The molecule has 1 aromatic rings. The first-order valence-electron chi connectivity index (χ1n) is 21.4. The lowest BCUT2D eigenvalue weighted by Crippen LogP contribution is -2.79. The van der Waals surface area contributed by atoms with Crippen molar-refractivity contribution in [3.63, 3.8) is 0 Å². The summed E-state index contributed by atoms with van der Waals surface area (Å²) in [6, 6.07) is 13.0. The molecular weight excluding hydrogens is 761 g/mol. The average molecular weight is 833 g/mol. The van der Waals surface area contributed by atoms with Crippen LogP contribution in [0.3, 0.4) is 0 Å². The Bertz CT molecular complexity index is 1610. The molecule has 0 aromatic heterocycles. The fraction of sp³-hybridized carbons (Fsp3) is 0.750. The van der Waals surface area contributed by atoms with Crippen LogP contribution in [-0.2, 0) is 32.7 Å². The fourth-order valence-electron chi connectivity index (χ4n) is 11.0. The molecule has 10 atom stereocenters. The van der Waals surface area contributed by atoms with Gasteiger partial charge in [0.2, 0.25) is 0 Å². The van der Waals surface area contributed by atoms with Crippen LogP contribution in [-0.4, -0.2) is 97.7 Å². The number of esters is 3. The van der Waals surface area contributed by atoms with Gasteiger partial charge in [0.15, 0.2) is 16.6 Å². The van der Waals surface area contributed by atoms with Crippen molar-refractivity contribution in [2.24, 2.45) is 16.7 Å². The van der Waals surface area contributed by atoms with Crippen molar-refractivity contribution in [1.82, 2.24) is 0 Å². The summed E-state index contributed by atoms with van der Waals surface area (Å²) in [5.41, 5.74) is -5.21. The molecule has 1 unspecified atom stereocenters. The Labute approximate surface area is 343 Å². The molecule has 0 radical (unpaired) electrons. The molecule has 57 heavy (non-hydrogen) atoms. The van der Waals surface area contributed by atoms with Crippen molar-refractivity contribution in [1.29, 1.82) is 0 Å². The Hall–Kier alpha value is -2.40. The highest BCUT2D eigenvalue weighted by atomic mass is 28.4. The van der Waals surface area contributed by atoms with Crippen LogP contribution in [0.5, 0.6) is 0 Å². The van der Waals surface area contributed by atoms with Gasteiger partial charge in [-0.05, 0) is 72.9 Å². The third kappa shape index (κ3) is 8.00. The topological polar surface area (TPSA) is 158 Å². The van der Waals surface area contributed by atoms with Crippen molar-refractivity contribution >= 4 is 34.5 Å². The SMILES string of the molecule is CC[C@@]1(OC(C)=O)C2[C@H](OC(=O)c3ccccc3)[C@]3(O)C[C@H](O)C(C)=C([C@@H](O[Si](CC)(CC)CC)[C@@H](OC(C)=O)[C@]2(C)[C@@H](O[Si](CC)(CC)CC)C[C@H]1O)C3(C)C. The van der Waals surface area contributed by atoms with Crippen molar-refractivity contribution in [3.8, 4) is 0 Å². The summed E-state index contributed by atoms with van der Waals surface area (Å²) in [4.78, 5) is 41.7. The molecule has 322 valence electrons. The van der Waals surface area contributed by atoms with Gasteiger partial charge in [0.1, 0.15) is 29.5 Å². The van der Waals surface area contributed by atoms with E-state index >= 15 is 0 Å². The smallest absolute Gasteiger partial charge is 0.338 e. The molecule has 3 aliphatic rings. The summed E-state index contributed by atoms with van der Waals surface area (Å²) in [6.45, 7) is 24.5. The molecule has 3 N–H and O–H groups in total. The Morgan fingerprint density at radius 1 is 0.772 bits per heavy atom. The molecule has 0 saturated heterocycles. The van der Waals surface area contributed by atoms with E-state index in [0.717, 1.165) is 36.3 Å². The molecule has 0 spiro atoms. The normalized spacial score (nSPS) is 34.1. The summed E-state index contributed by atoms with van der Waals surface area (Å²) in [6.07, 6.45) is -7.31. The largest absolute Gasteiger partial charge is 0.459 e. The standard InChI is InChI=1S/C44H72O11Si2/c1-14-43(53-30(10)46)33(48)26-34(54-56(15-2,16-3)17-4)42(13)37(43)39(52-40(49)31-24-22-21-23-25-31)44(50)27-32(47)28(8)35(41(44,11)12)36(38(42)51-29(9)45)55-57(18-5,19-6)20-7/h21-25,32-34,36-39,47-48,50H,14-20,26-27H2,1-13H3/t32-,33+,34-,36+,37?,38+,39-,42+,43-,44+/m0/s1. The summed E-state index contributed by atoms with van der Waals surface area (Å²) >= 11 is 0. The van der Waals surface area contributed by atoms with Crippen LogP contribution in [0.15, 0.2) is 41.5 Å². The molecule has 4 rings (SSSR count). The van der Waals surface area contributed by atoms with E-state index in [0.29, 0.717) is 11.1 Å². The maximum absolute atomic E-state index is 14.5. The van der Waals surface area contributed by atoms with Crippen molar-refractivity contribution in [2.45, 2.75) is 193 Å². The molecule has 1 aromatic carbocycles. The number of aliphatic hydroxyl groups is 3. The highest BCUT2D eigenvalue weighted by molar-refractivity contribution is 6.74. The van der Waals surface area contributed by atoms with E-state index in [1.165, 1.54) is 13.8 Å². The van der Waals surface area contributed by atoms with Gasteiger partial charge >= 0.3 is 17.9 Å². The first kappa shape index (κ1) is 47.3. The second-order valence-corrected chi connectivity index (χ2v) is 27.2. The lowest BCUT2D eigenvalue weighted by Gasteiger charge is -2.68. The molecule has 0 amide bonds. The van der Waals surface area contributed by atoms with Crippen LogP contribution in [0, 0.1) is 16.7 Å². The highest BCUT2D eigenvalue weighted by Crippen LogP contribution is 2.65. The molecule has 11 nitrogen and oxygen atoms in total. The first-order chi connectivity index (χ1) is 26.6. The predicted molar refractivity (Wildman–Crippen MR) is 224 cm³/mol. The third-order valence-corrected chi connectivity index (χ3v) is 24.4. The minimum Gasteiger partial charge on any atom is -0.459 e. The second-order valence-electron chi connectivity index (χ2n) is 17.7. The van der Waals surface area contributed by atoms with Gasteiger partial charge in [-0.3, -0.25) is 9.59 Å². The van der Waals surface area contributed by atoms with E-state index in [-0.39, 0.29) is 24.8 Å². The van der Waals surface area contributed by atoms with Crippen molar-refractivity contribution in [3.05, 3.63) is 47.0 Å². The highest BCUT2D eigenvalue weighted by Gasteiger charge is 2.76. The zero-order valence-electron chi connectivity index (χ0n) is 36.9. The van der Waals surface area contributed by atoms with Crippen molar-refractivity contribution < 1.29 is 52.8 Å². The van der Waals surface area contributed by atoms with Crippen LogP contribution in [0.2, 0.25) is 36.3 Å². The first-order valence-corrected chi connectivity index (χ1v) is 26.5. The number of ether oxygens (including phenoxy) is 3. The Morgan fingerprint density at radius 2 is 1.30 bits per heavy atom. The monoisotopic (exact) mass is 832 g/mol. The van der Waals surface area contributed by atoms with E-state index in [1.807, 2.05) is 27.7 Å². The van der Waals surface area contributed by atoms with Crippen LogP contribution in [0.1, 0.15) is 120 Å². The average Bonchev–Trinajstić information content (AvgIpc) is 3.17. The van der Waals surface area contributed by atoms with Gasteiger partial charge in [-0.2, -0.15) is 0 Å². The summed E-state index contributed by atoms with van der Waals surface area (Å²) in [5, 5.41) is 38.6. The number of rotatable bonds is 15. The molecule has 0 aliphatic heterocycles. The lowest BCUT2D eigenvalue weighted by atomic mass is 9.44. The van der Waals surface area contributed by atoms with Gasteiger partial charge in [0, 0.05) is 37.5 Å². The van der Waals surface area contributed by atoms with Gasteiger partial charge in [-0.25, -0.2) is 4.79 Å². The van der Waals surface area contributed by atoms with Crippen molar-refractivity contribution in [2.75, 3.05) is 0 Å². The molecule has 13 heteroatoms. The quantitative estimate of drug-likeness (QED) is 0.0684. The van der Waals surface area contributed by atoms with Gasteiger partial charge in [-0.15, -0.1) is 0 Å². The zero-order valence-corrected chi connectivity index (χ0v) is 38.9. The number of hydrogen-bond donors (Lipinski definition) is 3. The van der Waals surface area contributed by atoms with Gasteiger partial charge in [0.25, 0.3) is 0 Å². The summed E-state index contributed by atoms with van der Waals surface area (Å²) in [5.74, 6) is -3.27. The van der Waals surface area contributed by atoms with Crippen LogP contribution in [0.4, 0.5) is 0 Å². The molecule has 3 aliphatic carbocycles. The van der Waals surface area contributed by atoms with Gasteiger partial charge < -0.3 is 38.4 Å². The van der Waals surface area contributed by atoms with E-state index in [4.69, 9.17) is 23.1 Å². The molecular formula is C44H72O11Si2. The molecule has 2 fully saturated rings. The Kier molecular flexibility index (Phi) is 14.7. The summed E-state index contributed by atoms with van der Waals surface area (Å²) in [7, 11) is -5.18. The molecule has 2 saturated carbocycles. The van der Waals surface area contributed by atoms with E-state index < -0.39 is 99.1 Å². The fourth-order valence-corrected chi connectivity index (χ4v) is 16.8. The number of carbonyl (C=O) groups is 3. The Morgan fingerprint density at radius 3 is 1.77 bits per heavy atom. The number of carbonyl (C=O) groups excluding carboxylic acids is 3.